The number of halogens is 1. The summed E-state index contributed by atoms with van der Waals surface area (Å²) in [7, 11) is -4.62. The molecule has 1 amide bonds. The van der Waals surface area contributed by atoms with E-state index in [0.717, 1.165) is 42.0 Å². The molecule has 2 N–H and O–H groups in total. The third kappa shape index (κ3) is 9.58. The van der Waals surface area contributed by atoms with Crippen LogP contribution in [0.5, 0.6) is 11.5 Å². The first-order chi connectivity index (χ1) is 27.6. The number of para-hydroxylation sites is 2. The van der Waals surface area contributed by atoms with Crippen LogP contribution in [0, 0.1) is 10.1 Å². The highest BCUT2D eigenvalue weighted by atomic mass is 35.5. The first kappa shape index (κ1) is 39.0. The maximum absolute atomic E-state index is 13.9. The molecule has 1 aliphatic heterocycles. The summed E-state index contributed by atoms with van der Waals surface area (Å²) in [6, 6.07) is 37.4. The number of carbonyl (C=O) groups excluding carboxylic acids is 1. The Morgan fingerprint density at radius 3 is 2.30 bits per heavy atom. The average Bonchev–Trinajstić information content (AvgIpc) is 3.22. The number of ether oxygens (including phenoxy) is 1. The topological polar surface area (TPSA) is 147 Å². The number of rotatable bonds is 14. The number of amides is 1. The number of piperazine rings is 1. The minimum Gasteiger partial charge on any atom is -0.456 e. The highest BCUT2D eigenvalue weighted by molar-refractivity contribution is 7.90. The summed E-state index contributed by atoms with van der Waals surface area (Å²) in [5, 5.41) is 15.6. The Labute approximate surface area is 335 Å². The van der Waals surface area contributed by atoms with Crippen molar-refractivity contribution in [1.82, 2.24) is 14.6 Å². The predicted molar refractivity (Wildman–Crippen MR) is 222 cm³/mol. The number of nitrogens with one attached hydrogen (secondary N) is 2. The molecule has 0 saturated carbocycles. The molecule has 6 aromatic rings. The zero-order chi connectivity index (χ0) is 39.8. The van der Waals surface area contributed by atoms with E-state index in [1.807, 2.05) is 42.5 Å². The van der Waals surface area contributed by atoms with Crippen molar-refractivity contribution in [2.24, 2.45) is 0 Å². The van der Waals surface area contributed by atoms with Crippen LogP contribution in [0.2, 0.25) is 5.02 Å². The molecule has 1 aromatic heterocycles. The number of anilines is 2. The monoisotopic (exact) mass is 802 g/mol. The summed E-state index contributed by atoms with van der Waals surface area (Å²) in [5.74, 6) is -0.346. The molecular weight excluding hydrogens is 764 g/mol. The largest absolute Gasteiger partial charge is 0.456 e. The molecule has 290 valence electrons. The molecule has 1 fully saturated rings. The number of nitrogens with zero attached hydrogens (tertiary/aromatic N) is 4. The zero-order valence-electron chi connectivity index (χ0n) is 30.8. The summed E-state index contributed by atoms with van der Waals surface area (Å²) >= 11 is 6.14. The predicted octanol–water partition coefficient (Wildman–Crippen LogP) is 8.20. The van der Waals surface area contributed by atoms with E-state index in [2.05, 4.69) is 37.0 Å². The maximum Gasteiger partial charge on any atom is 0.293 e. The standard InChI is InChI=1S/C43H39ClN6O6S/c44-34-15-13-32(14-16-34)37-10-5-4-7-33(37)30-48-25-27-49(28-26-48)35-17-18-38(40(29-35)56-36-8-2-1-3-9-36)43(51)47-57(54,55)41-12-6-11-39(50(52)53)42(41)46-24-21-31-19-22-45-23-20-31/h1-20,22-23,29,46H,21,24-28,30H2,(H,47,51). The second kappa shape index (κ2) is 17.7. The number of aromatic nitrogens is 1. The van der Waals surface area contributed by atoms with Gasteiger partial charge >= 0.3 is 0 Å². The first-order valence-electron chi connectivity index (χ1n) is 18.3. The number of carbonyl (C=O) groups is 1. The molecule has 1 saturated heterocycles. The lowest BCUT2D eigenvalue weighted by Gasteiger charge is -2.36. The quantitative estimate of drug-likeness (QED) is 0.0816. The average molecular weight is 803 g/mol. The van der Waals surface area contributed by atoms with Gasteiger partial charge in [-0.2, -0.15) is 0 Å². The van der Waals surface area contributed by atoms with Gasteiger partial charge in [-0.3, -0.25) is 24.8 Å². The molecule has 2 heterocycles. The molecule has 5 aromatic carbocycles. The van der Waals surface area contributed by atoms with E-state index >= 15 is 0 Å². The van der Waals surface area contributed by atoms with Crippen molar-refractivity contribution in [1.29, 1.82) is 0 Å². The Bertz CT molecular complexity index is 2460. The lowest BCUT2D eigenvalue weighted by Crippen LogP contribution is -2.46. The second-order valence-corrected chi connectivity index (χ2v) is 15.5. The molecule has 1 aliphatic rings. The Balaban J connectivity index is 1.09. The number of sulfonamides is 1. The lowest BCUT2D eigenvalue weighted by molar-refractivity contribution is -0.384. The van der Waals surface area contributed by atoms with Gasteiger partial charge in [0.2, 0.25) is 0 Å². The van der Waals surface area contributed by atoms with E-state index in [-0.39, 0.29) is 23.5 Å². The Kier molecular flexibility index (Phi) is 12.1. The van der Waals surface area contributed by atoms with E-state index in [4.69, 9.17) is 16.3 Å². The summed E-state index contributed by atoms with van der Waals surface area (Å²) < 4.78 is 36.0. The van der Waals surface area contributed by atoms with E-state index in [1.165, 1.54) is 29.8 Å². The Morgan fingerprint density at radius 2 is 1.56 bits per heavy atom. The van der Waals surface area contributed by atoms with Gasteiger partial charge in [0.15, 0.2) is 0 Å². The van der Waals surface area contributed by atoms with Crippen molar-refractivity contribution >= 4 is 44.6 Å². The number of pyridine rings is 1. The van der Waals surface area contributed by atoms with Crippen molar-refractivity contribution in [2.75, 3.05) is 42.9 Å². The second-order valence-electron chi connectivity index (χ2n) is 13.4. The van der Waals surface area contributed by atoms with Gasteiger partial charge in [0.05, 0.1) is 10.5 Å². The minimum atomic E-state index is -4.62. The lowest BCUT2D eigenvalue weighted by atomic mass is 9.99. The summed E-state index contributed by atoms with van der Waals surface area (Å²) in [5.41, 5.74) is 4.51. The molecule has 0 bridgehead atoms. The van der Waals surface area contributed by atoms with Crippen LogP contribution in [0.4, 0.5) is 17.1 Å². The van der Waals surface area contributed by atoms with Gasteiger partial charge < -0.3 is 15.0 Å². The molecule has 0 unspecified atom stereocenters. The molecule has 14 heteroatoms. The van der Waals surface area contributed by atoms with E-state index in [0.29, 0.717) is 30.3 Å². The number of nitro groups is 1. The number of hydrogen-bond donors (Lipinski definition) is 2. The van der Waals surface area contributed by atoms with Gasteiger partial charge in [-0.25, -0.2) is 13.1 Å². The molecule has 0 radical (unpaired) electrons. The summed E-state index contributed by atoms with van der Waals surface area (Å²) in [6.07, 6.45) is 3.69. The first-order valence-corrected chi connectivity index (χ1v) is 20.2. The van der Waals surface area contributed by atoms with Gasteiger partial charge in [0.1, 0.15) is 22.1 Å². The van der Waals surface area contributed by atoms with Crippen LogP contribution in [0.3, 0.4) is 0 Å². The smallest absolute Gasteiger partial charge is 0.293 e. The van der Waals surface area contributed by atoms with Crippen molar-refractivity contribution in [2.45, 2.75) is 17.9 Å². The molecule has 0 atom stereocenters. The van der Waals surface area contributed by atoms with Crippen LogP contribution in [-0.4, -0.2) is 61.9 Å². The van der Waals surface area contributed by atoms with Crippen LogP contribution in [0.25, 0.3) is 11.1 Å². The van der Waals surface area contributed by atoms with E-state index in [1.54, 1.807) is 60.9 Å². The highest BCUT2D eigenvalue weighted by Crippen LogP contribution is 2.34. The number of hydrogen-bond acceptors (Lipinski definition) is 10. The third-order valence-corrected chi connectivity index (χ3v) is 11.3. The van der Waals surface area contributed by atoms with Crippen molar-refractivity contribution in [3.05, 3.63) is 172 Å². The molecule has 12 nitrogen and oxygen atoms in total. The fourth-order valence-electron chi connectivity index (χ4n) is 6.76. The van der Waals surface area contributed by atoms with Crippen LogP contribution < -0.4 is 19.7 Å². The summed E-state index contributed by atoms with van der Waals surface area (Å²) in [4.78, 5) is 33.3. The normalized spacial score (nSPS) is 13.2. The Hall–Kier alpha value is -6.28. The van der Waals surface area contributed by atoms with Crippen molar-refractivity contribution in [3.8, 4) is 22.6 Å². The van der Waals surface area contributed by atoms with Gasteiger partial charge in [0, 0.05) is 74.5 Å². The fourth-order valence-corrected chi connectivity index (χ4v) is 8.05. The van der Waals surface area contributed by atoms with Gasteiger partial charge in [0.25, 0.3) is 21.6 Å². The zero-order valence-corrected chi connectivity index (χ0v) is 32.3. The van der Waals surface area contributed by atoms with Gasteiger partial charge in [-0.05, 0) is 83.3 Å². The Morgan fingerprint density at radius 1 is 0.842 bits per heavy atom. The van der Waals surface area contributed by atoms with Crippen molar-refractivity contribution < 1.29 is 22.9 Å². The molecular formula is C43H39ClN6O6S. The number of nitro benzene ring substituents is 1. The maximum atomic E-state index is 13.9. The van der Waals surface area contributed by atoms with E-state index < -0.39 is 31.4 Å². The van der Waals surface area contributed by atoms with Crippen LogP contribution in [-0.2, 0) is 23.0 Å². The molecule has 57 heavy (non-hydrogen) atoms. The summed E-state index contributed by atoms with van der Waals surface area (Å²) in [6.45, 7) is 3.94. The van der Waals surface area contributed by atoms with Crippen LogP contribution >= 0.6 is 11.6 Å². The molecule has 0 aliphatic carbocycles. The molecule has 0 spiro atoms. The van der Waals surface area contributed by atoms with Gasteiger partial charge in [-0.15, -0.1) is 0 Å². The van der Waals surface area contributed by atoms with E-state index in [9.17, 15) is 23.3 Å². The fraction of sp³-hybridized carbons (Fsp3) is 0.163. The van der Waals surface area contributed by atoms with Crippen LogP contribution in [0.15, 0.2) is 145 Å². The third-order valence-electron chi connectivity index (χ3n) is 9.67. The van der Waals surface area contributed by atoms with Crippen molar-refractivity contribution in [3.63, 3.8) is 0 Å². The highest BCUT2D eigenvalue weighted by Gasteiger charge is 2.29. The van der Waals surface area contributed by atoms with Crippen LogP contribution in [0.1, 0.15) is 21.5 Å². The van der Waals surface area contributed by atoms with Gasteiger partial charge in [-0.1, -0.05) is 72.3 Å². The molecule has 7 rings (SSSR count). The SMILES string of the molecule is O=C(NS(=O)(=O)c1cccc([N+](=O)[O-])c1NCCc1ccncc1)c1ccc(N2CCN(Cc3ccccc3-c3ccc(Cl)cc3)CC2)cc1Oc1ccccc1. The number of benzene rings is 5. The minimum absolute atomic E-state index is 0.0266.